The van der Waals surface area contributed by atoms with Crippen molar-refractivity contribution in [3.05, 3.63) is 75.3 Å². The van der Waals surface area contributed by atoms with E-state index in [9.17, 15) is 9.90 Å². The molecule has 0 fully saturated rings. The summed E-state index contributed by atoms with van der Waals surface area (Å²) >= 11 is 12.4. The molecule has 24 heavy (non-hydrogen) atoms. The van der Waals surface area contributed by atoms with Crippen LogP contribution in [0.1, 0.15) is 39.9 Å². The molecule has 122 valence electrons. The zero-order valence-corrected chi connectivity index (χ0v) is 14.1. The van der Waals surface area contributed by atoms with E-state index in [1.165, 1.54) is 0 Å². The Morgan fingerprint density at radius 2 is 1.96 bits per heavy atom. The highest BCUT2D eigenvalue weighted by Gasteiger charge is 2.38. The van der Waals surface area contributed by atoms with E-state index in [-0.39, 0.29) is 23.4 Å². The number of rotatable bonds is 2. The smallest absolute Gasteiger partial charge is 0.0715 e. The van der Waals surface area contributed by atoms with Gasteiger partial charge in [-0.2, -0.15) is 0 Å². The first-order valence-electron chi connectivity index (χ1n) is 7.78. The molecule has 1 heterocycles. The highest BCUT2D eigenvalue weighted by molar-refractivity contribution is 6.35. The number of benzene rings is 2. The van der Waals surface area contributed by atoms with Crippen LogP contribution in [-0.2, 0) is 0 Å². The minimum atomic E-state index is -1.15. The number of carbonyl (C=O) groups excluding carboxylic acids is 1. The first kappa shape index (κ1) is 15.6. The molecule has 3 atom stereocenters. The number of hydrogen-bond acceptors (Lipinski definition) is 3. The Bertz CT molecular complexity index is 862. The maximum absolute atomic E-state index is 11.2. The molecule has 1 N–H and O–H groups in total. The van der Waals surface area contributed by atoms with Gasteiger partial charge in [0.1, 0.15) is 0 Å². The van der Waals surface area contributed by atoms with E-state index < -0.39 is 5.97 Å². The van der Waals surface area contributed by atoms with Crippen LogP contribution in [0.15, 0.2) is 48.6 Å². The average molecular weight is 359 g/mol. The Hall–Kier alpha value is -1.97. The van der Waals surface area contributed by atoms with E-state index in [1.807, 2.05) is 12.1 Å². The summed E-state index contributed by atoms with van der Waals surface area (Å²) in [7, 11) is 0. The number of carboxylic acids is 1. The number of hydrogen-bond donors (Lipinski definition) is 1. The van der Waals surface area contributed by atoms with Crippen molar-refractivity contribution in [1.29, 1.82) is 0 Å². The summed E-state index contributed by atoms with van der Waals surface area (Å²) in [5, 5.41) is 15.9. The lowest BCUT2D eigenvalue weighted by atomic mass is 9.76. The number of fused-ring (bicyclic) bond motifs is 3. The van der Waals surface area contributed by atoms with E-state index in [0.717, 1.165) is 23.2 Å². The van der Waals surface area contributed by atoms with Crippen LogP contribution in [0.3, 0.4) is 0 Å². The van der Waals surface area contributed by atoms with Crippen LogP contribution in [0.5, 0.6) is 0 Å². The largest absolute Gasteiger partial charge is 0.545 e. The van der Waals surface area contributed by atoms with Crippen molar-refractivity contribution >= 4 is 34.9 Å². The summed E-state index contributed by atoms with van der Waals surface area (Å²) < 4.78 is 0. The lowest BCUT2D eigenvalue weighted by molar-refractivity contribution is -0.255. The molecule has 2 aromatic carbocycles. The van der Waals surface area contributed by atoms with Crippen LogP contribution >= 0.6 is 23.2 Å². The Labute approximate surface area is 149 Å². The third-order valence-electron chi connectivity index (χ3n) is 4.90. The molecule has 0 aromatic heterocycles. The van der Waals surface area contributed by atoms with Crippen molar-refractivity contribution in [3.63, 3.8) is 0 Å². The van der Waals surface area contributed by atoms with E-state index in [1.54, 1.807) is 24.3 Å². The topological polar surface area (TPSA) is 52.2 Å². The Morgan fingerprint density at radius 3 is 2.71 bits per heavy atom. The summed E-state index contributed by atoms with van der Waals surface area (Å²) in [6.07, 6.45) is 5.21. The molecular weight excluding hydrogens is 345 g/mol. The van der Waals surface area contributed by atoms with Crippen LogP contribution < -0.4 is 10.4 Å². The molecule has 3 nitrogen and oxygen atoms in total. The van der Waals surface area contributed by atoms with Gasteiger partial charge in [0.2, 0.25) is 0 Å². The summed E-state index contributed by atoms with van der Waals surface area (Å²) in [4.78, 5) is 11.2. The highest BCUT2D eigenvalue weighted by Crippen LogP contribution is 2.51. The van der Waals surface area contributed by atoms with E-state index in [2.05, 4.69) is 17.5 Å². The predicted octanol–water partition coefficient (Wildman–Crippen LogP) is 4.18. The van der Waals surface area contributed by atoms with Gasteiger partial charge >= 0.3 is 0 Å². The number of anilines is 1. The average Bonchev–Trinajstić information content (AvgIpc) is 3.04. The van der Waals surface area contributed by atoms with Crippen LogP contribution in [0.25, 0.3) is 0 Å². The number of aromatic carboxylic acids is 1. The molecule has 1 aliphatic carbocycles. The number of carbonyl (C=O) groups is 1. The van der Waals surface area contributed by atoms with Gasteiger partial charge < -0.3 is 15.2 Å². The summed E-state index contributed by atoms with van der Waals surface area (Å²) in [6.45, 7) is 0. The van der Waals surface area contributed by atoms with E-state index in [0.29, 0.717) is 10.0 Å². The van der Waals surface area contributed by atoms with Crippen LogP contribution in [-0.4, -0.2) is 5.97 Å². The lowest BCUT2D eigenvalue weighted by Crippen LogP contribution is -2.30. The quantitative estimate of drug-likeness (QED) is 0.819. The summed E-state index contributed by atoms with van der Waals surface area (Å²) in [6, 6.07) is 10.7. The minimum Gasteiger partial charge on any atom is -0.545 e. The van der Waals surface area contributed by atoms with Gasteiger partial charge in [0, 0.05) is 21.7 Å². The van der Waals surface area contributed by atoms with Gasteiger partial charge in [0.05, 0.1) is 12.0 Å². The van der Waals surface area contributed by atoms with Crippen molar-refractivity contribution in [2.75, 3.05) is 5.32 Å². The molecule has 2 aromatic rings. The molecule has 0 unspecified atom stereocenters. The minimum absolute atomic E-state index is 0.0519. The van der Waals surface area contributed by atoms with Crippen molar-refractivity contribution < 1.29 is 9.90 Å². The second-order valence-corrected chi connectivity index (χ2v) is 7.07. The number of carboxylic acid groups (broad SMARTS) is 1. The molecular formula is C19H14Cl2NO2-. The Kier molecular flexibility index (Phi) is 3.78. The fourth-order valence-corrected chi connectivity index (χ4v) is 4.31. The number of nitrogens with one attached hydrogen (secondary N) is 1. The van der Waals surface area contributed by atoms with Gasteiger partial charge in [-0.15, -0.1) is 0 Å². The Morgan fingerprint density at radius 1 is 1.12 bits per heavy atom. The van der Waals surface area contributed by atoms with Crippen molar-refractivity contribution in [2.24, 2.45) is 5.92 Å². The van der Waals surface area contributed by atoms with Crippen LogP contribution in [0.4, 0.5) is 5.69 Å². The zero-order chi connectivity index (χ0) is 16.8. The first-order chi connectivity index (χ1) is 11.5. The third-order valence-corrected chi connectivity index (χ3v) is 5.46. The third kappa shape index (κ3) is 2.48. The standard InChI is InChI=1S/C19H15Cl2NO2/c20-11-5-6-14(16(21)9-11)18-13-3-1-2-12(13)15-8-10(19(23)24)4-7-17(15)22-18/h1-2,4-9,12-13,18,22H,3H2,(H,23,24)/p-1/t12-,13+,18+/m0/s1. The van der Waals surface area contributed by atoms with Gasteiger partial charge in [0.15, 0.2) is 0 Å². The fraction of sp³-hybridized carbons (Fsp3) is 0.211. The molecule has 0 saturated heterocycles. The van der Waals surface area contributed by atoms with Crippen molar-refractivity contribution in [1.82, 2.24) is 0 Å². The van der Waals surface area contributed by atoms with Gasteiger partial charge in [0.25, 0.3) is 0 Å². The van der Waals surface area contributed by atoms with Crippen LogP contribution in [0.2, 0.25) is 10.0 Å². The predicted molar refractivity (Wildman–Crippen MR) is 93.6 cm³/mol. The molecule has 0 bridgehead atoms. The van der Waals surface area contributed by atoms with E-state index >= 15 is 0 Å². The molecule has 2 aliphatic rings. The number of halogens is 2. The number of allylic oxidation sites excluding steroid dienone is 2. The van der Waals surface area contributed by atoms with Crippen LogP contribution in [0, 0.1) is 5.92 Å². The Balaban J connectivity index is 1.79. The normalized spacial score (nSPS) is 24.2. The van der Waals surface area contributed by atoms with Gasteiger partial charge in [-0.1, -0.05) is 47.5 Å². The molecule has 4 rings (SSSR count). The SMILES string of the molecule is O=C([O-])c1ccc2c(c1)[C@H]1C=CC[C@H]1[C@H](c1ccc(Cl)cc1Cl)N2. The molecule has 0 amide bonds. The second kappa shape index (κ2) is 5.83. The van der Waals surface area contributed by atoms with Gasteiger partial charge in [-0.25, -0.2) is 0 Å². The summed E-state index contributed by atoms with van der Waals surface area (Å²) in [5.74, 6) is -0.704. The maximum atomic E-state index is 11.2. The molecule has 5 heteroatoms. The summed E-state index contributed by atoms with van der Waals surface area (Å²) in [5.41, 5.74) is 3.15. The van der Waals surface area contributed by atoms with Gasteiger partial charge in [-0.05, 0) is 53.3 Å². The highest BCUT2D eigenvalue weighted by atomic mass is 35.5. The lowest BCUT2D eigenvalue weighted by Gasteiger charge is -2.38. The molecule has 1 aliphatic heterocycles. The van der Waals surface area contributed by atoms with E-state index in [4.69, 9.17) is 23.2 Å². The maximum Gasteiger partial charge on any atom is 0.0715 e. The molecule has 0 radical (unpaired) electrons. The second-order valence-electron chi connectivity index (χ2n) is 6.23. The molecule has 0 spiro atoms. The van der Waals surface area contributed by atoms with Crippen molar-refractivity contribution in [3.8, 4) is 0 Å². The first-order valence-corrected chi connectivity index (χ1v) is 8.53. The molecule has 0 saturated carbocycles. The van der Waals surface area contributed by atoms with Crippen molar-refractivity contribution in [2.45, 2.75) is 18.4 Å². The zero-order valence-electron chi connectivity index (χ0n) is 12.6. The van der Waals surface area contributed by atoms with Gasteiger partial charge in [-0.3, -0.25) is 0 Å². The fourth-order valence-electron chi connectivity index (χ4n) is 3.78. The monoisotopic (exact) mass is 358 g/mol.